The molecule has 138 valence electrons. The fourth-order valence-corrected chi connectivity index (χ4v) is 4.77. The van der Waals surface area contributed by atoms with Crippen molar-refractivity contribution < 1.29 is 9.90 Å². The van der Waals surface area contributed by atoms with Gasteiger partial charge in [0.15, 0.2) is 5.69 Å². The van der Waals surface area contributed by atoms with Gasteiger partial charge in [0.25, 0.3) is 0 Å². The number of carboxylic acids is 1. The molecule has 0 fully saturated rings. The molecule has 0 saturated heterocycles. The smallest absolute Gasteiger partial charge is 0.356 e. The average Bonchev–Trinajstić information content (AvgIpc) is 3.44. The minimum Gasteiger partial charge on any atom is -0.476 e. The van der Waals surface area contributed by atoms with Gasteiger partial charge in [0.05, 0.1) is 17.6 Å². The number of nitrogens with zero attached hydrogens (tertiary/aromatic N) is 4. The van der Waals surface area contributed by atoms with Crippen molar-refractivity contribution in [1.82, 2.24) is 20.0 Å². The summed E-state index contributed by atoms with van der Waals surface area (Å²) in [5.74, 6) is -1.06. The quantitative estimate of drug-likeness (QED) is 0.565. The first kappa shape index (κ1) is 16.8. The van der Waals surface area contributed by atoms with Crippen LogP contribution in [0.5, 0.6) is 0 Å². The Kier molecular flexibility index (Phi) is 4.02. The second-order valence-corrected chi connectivity index (χ2v) is 7.76. The van der Waals surface area contributed by atoms with Crippen LogP contribution in [-0.2, 0) is 12.8 Å². The molecule has 6 nitrogen and oxygen atoms in total. The fourth-order valence-electron chi connectivity index (χ4n) is 3.59. The maximum absolute atomic E-state index is 11.5. The van der Waals surface area contributed by atoms with E-state index < -0.39 is 5.97 Å². The van der Waals surface area contributed by atoms with Crippen LogP contribution in [0.25, 0.3) is 27.4 Å². The molecule has 0 spiro atoms. The van der Waals surface area contributed by atoms with Crippen LogP contribution in [0.3, 0.4) is 0 Å². The summed E-state index contributed by atoms with van der Waals surface area (Å²) in [4.78, 5) is 17.7. The first-order valence-electron chi connectivity index (χ1n) is 9.03. The summed E-state index contributed by atoms with van der Waals surface area (Å²) in [6, 6.07) is 16.0. The van der Waals surface area contributed by atoms with E-state index in [1.54, 1.807) is 11.3 Å². The summed E-state index contributed by atoms with van der Waals surface area (Å²) in [7, 11) is 0. The zero-order valence-corrected chi connectivity index (χ0v) is 15.7. The number of aryl methyl sites for hydroxylation is 2. The highest BCUT2D eigenvalue weighted by molar-refractivity contribution is 7.15. The van der Waals surface area contributed by atoms with E-state index in [0.717, 1.165) is 34.5 Å². The molecule has 0 atom stereocenters. The van der Waals surface area contributed by atoms with E-state index in [2.05, 4.69) is 22.4 Å². The number of thiazole rings is 1. The van der Waals surface area contributed by atoms with Gasteiger partial charge in [-0.05, 0) is 42.5 Å². The zero-order chi connectivity index (χ0) is 19.1. The Bertz CT molecular complexity index is 1160. The SMILES string of the molecule is O=C(O)c1cnnn1-c1ccc(-c2ccccc2)c(-c2nc3c(s2)CCC3)c1. The van der Waals surface area contributed by atoms with E-state index >= 15 is 0 Å². The molecule has 1 aliphatic rings. The molecule has 2 aromatic carbocycles. The van der Waals surface area contributed by atoms with Crippen LogP contribution in [0.2, 0.25) is 0 Å². The Hall–Kier alpha value is -3.32. The molecule has 0 radical (unpaired) electrons. The summed E-state index contributed by atoms with van der Waals surface area (Å²) in [5, 5.41) is 18.1. The maximum atomic E-state index is 11.5. The summed E-state index contributed by atoms with van der Waals surface area (Å²) in [5.41, 5.74) is 5.01. The second kappa shape index (κ2) is 6.69. The minimum atomic E-state index is -1.06. The van der Waals surface area contributed by atoms with E-state index in [1.165, 1.54) is 27.9 Å². The molecular formula is C21H16N4O2S. The van der Waals surface area contributed by atoms with Gasteiger partial charge in [0.2, 0.25) is 0 Å². The third kappa shape index (κ3) is 2.80. The molecule has 0 amide bonds. The number of rotatable bonds is 4. The van der Waals surface area contributed by atoms with Crippen LogP contribution in [0.4, 0.5) is 0 Å². The number of benzene rings is 2. The first-order chi connectivity index (χ1) is 13.7. The van der Waals surface area contributed by atoms with Crippen molar-refractivity contribution in [3.05, 3.63) is 71.0 Å². The monoisotopic (exact) mass is 388 g/mol. The van der Waals surface area contributed by atoms with Crippen molar-refractivity contribution in [2.75, 3.05) is 0 Å². The predicted octanol–water partition coefficient (Wildman–Crippen LogP) is 4.24. The Morgan fingerprint density at radius 3 is 2.71 bits per heavy atom. The van der Waals surface area contributed by atoms with Gasteiger partial charge in [-0.1, -0.05) is 41.6 Å². The third-order valence-electron chi connectivity index (χ3n) is 4.93. The van der Waals surface area contributed by atoms with Crippen LogP contribution in [0.1, 0.15) is 27.5 Å². The Morgan fingerprint density at radius 1 is 1.07 bits per heavy atom. The summed E-state index contributed by atoms with van der Waals surface area (Å²) >= 11 is 1.73. The fraction of sp³-hybridized carbons (Fsp3) is 0.143. The number of carbonyl (C=O) groups is 1. The maximum Gasteiger partial charge on any atom is 0.356 e. The number of aromatic nitrogens is 4. The van der Waals surface area contributed by atoms with Gasteiger partial charge in [0, 0.05) is 10.4 Å². The molecule has 0 saturated carbocycles. The van der Waals surface area contributed by atoms with Crippen molar-refractivity contribution in [2.45, 2.75) is 19.3 Å². The topological polar surface area (TPSA) is 80.9 Å². The van der Waals surface area contributed by atoms with Gasteiger partial charge in [-0.2, -0.15) is 0 Å². The Morgan fingerprint density at radius 2 is 1.93 bits per heavy atom. The molecule has 0 unspecified atom stereocenters. The number of aromatic carboxylic acids is 1. The van der Waals surface area contributed by atoms with E-state index in [4.69, 9.17) is 4.98 Å². The lowest BCUT2D eigenvalue weighted by Crippen LogP contribution is -2.08. The first-order valence-corrected chi connectivity index (χ1v) is 9.85. The highest BCUT2D eigenvalue weighted by Crippen LogP contribution is 2.39. The number of hydrogen-bond donors (Lipinski definition) is 1. The van der Waals surface area contributed by atoms with E-state index in [0.29, 0.717) is 5.69 Å². The molecule has 1 aliphatic carbocycles. The van der Waals surface area contributed by atoms with E-state index in [1.807, 2.05) is 36.4 Å². The predicted molar refractivity (Wildman–Crippen MR) is 107 cm³/mol. The second-order valence-electron chi connectivity index (χ2n) is 6.67. The summed E-state index contributed by atoms with van der Waals surface area (Å²) < 4.78 is 1.35. The van der Waals surface area contributed by atoms with E-state index in [9.17, 15) is 9.90 Å². The summed E-state index contributed by atoms with van der Waals surface area (Å²) in [6.07, 6.45) is 4.53. The van der Waals surface area contributed by atoms with Gasteiger partial charge in [0.1, 0.15) is 5.01 Å². The normalized spacial score (nSPS) is 12.9. The van der Waals surface area contributed by atoms with Crippen molar-refractivity contribution >= 4 is 17.3 Å². The molecule has 5 rings (SSSR count). The molecular weight excluding hydrogens is 372 g/mol. The van der Waals surface area contributed by atoms with Crippen LogP contribution in [0.15, 0.2) is 54.7 Å². The molecule has 28 heavy (non-hydrogen) atoms. The van der Waals surface area contributed by atoms with Crippen LogP contribution in [0, 0.1) is 0 Å². The molecule has 2 heterocycles. The van der Waals surface area contributed by atoms with E-state index in [-0.39, 0.29) is 5.69 Å². The number of hydrogen-bond acceptors (Lipinski definition) is 5. The van der Waals surface area contributed by atoms with Crippen LogP contribution >= 0.6 is 11.3 Å². The van der Waals surface area contributed by atoms with Gasteiger partial charge >= 0.3 is 5.97 Å². The zero-order valence-electron chi connectivity index (χ0n) is 14.9. The lowest BCUT2D eigenvalue weighted by Gasteiger charge is -2.11. The highest BCUT2D eigenvalue weighted by Gasteiger charge is 2.21. The molecule has 7 heteroatoms. The van der Waals surface area contributed by atoms with Crippen LogP contribution < -0.4 is 0 Å². The molecule has 0 bridgehead atoms. The largest absolute Gasteiger partial charge is 0.476 e. The van der Waals surface area contributed by atoms with Gasteiger partial charge < -0.3 is 5.11 Å². The Labute approximate surface area is 165 Å². The lowest BCUT2D eigenvalue weighted by molar-refractivity contribution is 0.0687. The van der Waals surface area contributed by atoms with Crippen molar-refractivity contribution in [3.63, 3.8) is 0 Å². The third-order valence-corrected chi connectivity index (χ3v) is 6.12. The lowest BCUT2D eigenvalue weighted by atomic mass is 9.99. The molecule has 2 aromatic heterocycles. The molecule has 0 aliphatic heterocycles. The van der Waals surface area contributed by atoms with Gasteiger partial charge in [-0.25, -0.2) is 14.5 Å². The number of fused-ring (bicyclic) bond motifs is 1. The van der Waals surface area contributed by atoms with Gasteiger partial charge in [-0.15, -0.1) is 16.4 Å². The van der Waals surface area contributed by atoms with Crippen molar-refractivity contribution in [1.29, 1.82) is 0 Å². The molecule has 1 N–H and O–H groups in total. The number of carboxylic acid groups (broad SMARTS) is 1. The summed E-state index contributed by atoms with van der Waals surface area (Å²) in [6.45, 7) is 0. The average molecular weight is 388 g/mol. The van der Waals surface area contributed by atoms with Crippen molar-refractivity contribution in [2.24, 2.45) is 0 Å². The standard InChI is InChI=1S/C21H16N4O2S/c26-21(27)18-12-22-24-25(18)14-9-10-15(13-5-2-1-3-6-13)16(11-14)20-23-17-7-4-8-19(17)28-20/h1-3,5-6,9-12H,4,7-8H2,(H,26,27). The van der Waals surface area contributed by atoms with Gasteiger partial charge in [-0.3, -0.25) is 0 Å². The molecule has 4 aromatic rings. The van der Waals surface area contributed by atoms with Crippen molar-refractivity contribution in [3.8, 4) is 27.4 Å². The Balaban J connectivity index is 1.70. The van der Waals surface area contributed by atoms with Crippen LogP contribution in [-0.4, -0.2) is 31.1 Å². The highest BCUT2D eigenvalue weighted by atomic mass is 32.1. The minimum absolute atomic E-state index is 0.0278.